The second-order valence-electron chi connectivity index (χ2n) is 6.30. The number of hydrogen-bond donors (Lipinski definition) is 1. The van der Waals surface area contributed by atoms with Crippen LogP contribution >= 0.6 is 35.4 Å². The van der Waals surface area contributed by atoms with Gasteiger partial charge in [-0.1, -0.05) is 29.3 Å². The maximum Gasteiger partial charge on any atom is 0.270 e. The van der Waals surface area contributed by atoms with Gasteiger partial charge < -0.3 is 9.47 Å². The third-order valence-electron chi connectivity index (χ3n) is 4.46. The summed E-state index contributed by atoms with van der Waals surface area (Å²) in [6.07, 6.45) is 1.40. The van der Waals surface area contributed by atoms with E-state index in [2.05, 4.69) is 5.32 Å². The first-order chi connectivity index (χ1) is 14.3. The molecule has 156 valence electrons. The fraction of sp³-hybridized carbons (Fsp3) is 0.190. The van der Waals surface area contributed by atoms with Gasteiger partial charge in [-0.25, -0.2) is 0 Å². The lowest BCUT2D eigenvalue weighted by atomic mass is 10.1. The number of amides is 2. The van der Waals surface area contributed by atoms with Gasteiger partial charge >= 0.3 is 0 Å². The lowest BCUT2D eigenvalue weighted by Crippen LogP contribution is -2.54. The lowest BCUT2D eigenvalue weighted by molar-refractivity contribution is -0.122. The van der Waals surface area contributed by atoms with Crippen LogP contribution < -0.4 is 19.7 Å². The van der Waals surface area contributed by atoms with Crippen LogP contribution in [0.4, 0.5) is 5.69 Å². The SMILES string of the molecule is CCOc1cc(/C=C2\C(=O)NC(=S)N(c3cccc(Cl)c3C)C2=O)c(Cl)cc1OC. The van der Waals surface area contributed by atoms with Crippen LogP contribution in [0, 0.1) is 6.92 Å². The summed E-state index contributed by atoms with van der Waals surface area (Å²) in [5.74, 6) is -0.316. The van der Waals surface area contributed by atoms with Crippen molar-refractivity contribution < 1.29 is 19.1 Å². The van der Waals surface area contributed by atoms with Crippen molar-refractivity contribution in [2.45, 2.75) is 13.8 Å². The number of ether oxygens (including phenoxy) is 2. The number of carbonyl (C=O) groups excluding carboxylic acids is 2. The summed E-state index contributed by atoms with van der Waals surface area (Å²) in [7, 11) is 1.50. The number of halogens is 2. The van der Waals surface area contributed by atoms with E-state index < -0.39 is 11.8 Å². The number of benzene rings is 2. The molecule has 2 aromatic carbocycles. The molecule has 1 N–H and O–H groups in total. The van der Waals surface area contributed by atoms with Gasteiger partial charge in [0, 0.05) is 11.1 Å². The fourth-order valence-corrected chi connectivity index (χ4v) is 3.61. The highest BCUT2D eigenvalue weighted by Crippen LogP contribution is 2.35. The van der Waals surface area contributed by atoms with Crippen LogP contribution in [0.5, 0.6) is 11.5 Å². The van der Waals surface area contributed by atoms with Crippen LogP contribution in [0.3, 0.4) is 0 Å². The standard InChI is InChI=1S/C21H18Cl2N2O4S/c1-4-29-18-9-12(15(23)10-17(18)28-3)8-13-19(26)24-21(30)25(20(13)27)16-7-5-6-14(22)11(16)2/h5-10H,4H2,1-3H3,(H,24,26,30)/b13-8+. The zero-order chi connectivity index (χ0) is 22.0. The molecule has 0 aromatic heterocycles. The molecule has 1 fully saturated rings. The Morgan fingerprint density at radius 3 is 2.57 bits per heavy atom. The molecule has 0 saturated carbocycles. The zero-order valence-electron chi connectivity index (χ0n) is 16.4. The van der Waals surface area contributed by atoms with Crippen molar-refractivity contribution >= 4 is 64.1 Å². The first-order valence-corrected chi connectivity index (χ1v) is 10.1. The van der Waals surface area contributed by atoms with Crippen LogP contribution in [0.25, 0.3) is 6.08 Å². The second kappa shape index (κ2) is 9.04. The molecule has 1 saturated heterocycles. The average Bonchev–Trinajstić information content (AvgIpc) is 2.70. The van der Waals surface area contributed by atoms with Gasteiger partial charge in [0.1, 0.15) is 5.57 Å². The summed E-state index contributed by atoms with van der Waals surface area (Å²) >= 11 is 17.8. The molecule has 1 heterocycles. The van der Waals surface area contributed by atoms with Crippen molar-refractivity contribution in [3.05, 3.63) is 57.1 Å². The van der Waals surface area contributed by atoms with Gasteiger partial charge in [-0.05, 0) is 61.5 Å². The smallest absolute Gasteiger partial charge is 0.270 e. The molecule has 0 atom stereocenters. The van der Waals surface area contributed by atoms with E-state index in [0.717, 1.165) is 0 Å². The molecule has 0 radical (unpaired) electrons. The number of anilines is 1. The van der Waals surface area contributed by atoms with Crippen molar-refractivity contribution in [2.24, 2.45) is 0 Å². The normalized spacial score (nSPS) is 15.4. The van der Waals surface area contributed by atoms with Gasteiger partial charge in [0.05, 0.1) is 24.4 Å². The molecule has 2 amide bonds. The maximum absolute atomic E-state index is 13.2. The van der Waals surface area contributed by atoms with Crippen molar-refractivity contribution in [1.29, 1.82) is 0 Å². The summed E-state index contributed by atoms with van der Waals surface area (Å²) in [6.45, 7) is 4.00. The van der Waals surface area contributed by atoms with Crippen molar-refractivity contribution in [2.75, 3.05) is 18.6 Å². The zero-order valence-corrected chi connectivity index (χ0v) is 18.7. The van der Waals surface area contributed by atoms with E-state index in [4.69, 9.17) is 44.9 Å². The van der Waals surface area contributed by atoms with Crippen LogP contribution in [0.2, 0.25) is 10.0 Å². The van der Waals surface area contributed by atoms with Crippen LogP contribution in [-0.4, -0.2) is 30.6 Å². The van der Waals surface area contributed by atoms with E-state index in [1.165, 1.54) is 18.1 Å². The lowest BCUT2D eigenvalue weighted by Gasteiger charge is -2.30. The first kappa shape index (κ1) is 22.1. The number of methoxy groups -OCH3 is 1. The monoisotopic (exact) mass is 464 g/mol. The van der Waals surface area contributed by atoms with E-state index in [1.54, 1.807) is 37.3 Å². The molecule has 0 bridgehead atoms. The number of nitrogens with one attached hydrogen (secondary N) is 1. The largest absolute Gasteiger partial charge is 0.493 e. The van der Waals surface area contributed by atoms with Gasteiger partial charge in [-0.2, -0.15) is 0 Å². The molecule has 30 heavy (non-hydrogen) atoms. The van der Waals surface area contributed by atoms with E-state index >= 15 is 0 Å². The molecule has 0 spiro atoms. The minimum atomic E-state index is -0.620. The van der Waals surface area contributed by atoms with Gasteiger partial charge in [0.2, 0.25) is 0 Å². The fourth-order valence-electron chi connectivity index (χ4n) is 2.96. The molecular weight excluding hydrogens is 447 g/mol. The van der Waals surface area contributed by atoms with Gasteiger partial charge in [0.15, 0.2) is 16.6 Å². The molecule has 6 nitrogen and oxygen atoms in total. The summed E-state index contributed by atoms with van der Waals surface area (Å²) in [5, 5.41) is 3.29. The number of hydrogen-bond acceptors (Lipinski definition) is 5. The van der Waals surface area contributed by atoms with Crippen LogP contribution in [-0.2, 0) is 9.59 Å². The summed E-state index contributed by atoms with van der Waals surface area (Å²) < 4.78 is 10.8. The third kappa shape index (κ3) is 4.14. The van der Waals surface area contributed by atoms with Gasteiger partial charge in [0.25, 0.3) is 11.8 Å². The first-order valence-electron chi connectivity index (χ1n) is 8.95. The van der Waals surface area contributed by atoms with Crippen LogP contribution in [0.1, 0.15) is 18.1 Å². The summed E-state index contributed by atoms with van der Waals surface area (Å²) in [4.78, 5) is 27.0. The molecule has 0 unspecified atom stereocenters. The number of rotatable bonds is 5. The third-order valence-corrected chi connectivity index (χ3v) is 5.49. The molecule has 9 heteroatoms. The Balaban J connectivity index is 2.09. The molecule has 2 aromatic rings. The second-order valence-corrected chi connectivity index (χ2v) is 7.50. The van der Waals surface area contributed by atoms with E-state index in [-0.39, 0.29) is 10.7 Å². The Labute approximate surface area is 189 Å². The number of carbonyl (C=O) groups is 2. The van der Waals surface area contributed by atoms with Crippen LogP contribution in [0.15, 0.2) is 35.9 Å². The van der Waals surface area contributed by atoms with Crippen molar-refractivity contribution in [3.63, 3.8) is 0 Å². The van der Waals surface area contributed by atoms with E-state index in [0.29, 0.717) is 45.0 Å². The minimum absolute atomic E-state index is 0.0247. The van der Waals surface area contributed by atoms with Crippen molar-refractivity contribution in [3.8, 4) is 11.5 Å². The molecule has 3 rings (SSSR count). The predicted molar refractivity (Wildman–Crippen MR) is 122 cm³/mol. The average molecular weight is 465 g/mol. The molecule has 1 aliphatic heterocycles. The minimum Gasteiger partial charge on any atom is -0.493 e. The summed E-state index contributed by atoms with van der Waals surface area (Å²) in [6, 6.07) is 8.29. The Bertz CT molecular complexity index is 1080. The van der Waals surface area contributed by atoms with E-state index in [1.807, 2.05) is 6.92 Å². The summed E-state index contributed by atoms with van der Waals surface area (Å²) in [5.41, 5.74) is 1.44. The highest BCUT2D eigenvalue weighted by molar-refractivity contribution is 7.80. The van der Waals surface area contributed by atoms with Gasteiger partial charge in [-0.3, -0.25) is 19.8 Å². The topological polar surface area (TPSA) is 67.9 Å². The quantitative estimate of drug-likeness (QED) is 0.399. The number of nitrogens with zero attached hydrogens (tertiary/aromatic N) is 1. The predicted octanol–water partition coefficient (Wildman–Crippen LogP) is 4.54. The highest BCUT2D eigenvalue weighted by Gasteiger charge is 2.35. The van der Waals surface area contributed by atoms with E-state index in [9.17, 15) is 9.59 Å². The molecular formula is C21H18Cl2N2O4S. The molecule has 0 aliphatic carbocycles. The van der Waals surface area contributed by atoms with Gasteiger partial charge in [-0.15, -0.1) is 0 Å². The Morgan fingerprint density at radius 1 is 1.17 bits per heavy atom. The Hall–Kier alpha value is -2.61. The highest BCUT2D eigenvalue weighted by atomic mass is 35.5. The van der Waals surface area contributed by atoms with Crippen molar-refractivity contribution in [1.82, 2.24) is 5.32 Å². The maximum atomic E-state index is 13.2. The Morgan fingerprint density at radius 2 is 1.90 bits per heavy atom. The molecule has 1 aliphatic rings. The Kier molecular flexibility index (Phi) is 6.65. The number of thiocarbonyl (C=S) groups is 1.